The molecule has 0 unspecified atom stereocenters. The van der Waals surface area contributed by atoms with Gasteiger partial charge in [-0.25, -0.2) is 0 Å². The maximum atomic E-state index is 5.93. The number of hydrogen-bond acceptors (Lipinski definition) is 2. The first-order valence-corrected chi connectivity index (χ1v) is 6.01. The van der Waals surface area contributed by atoms with Crippen LogP contribution >= 0.6 is 27.5 Å². The van der Waals surface area contributed by atoms with E-state index >= 15 is 0 Å². The summed E-state index contributed by atoms with van der Waals surface area (Å²) in [5.74, 6) is 0. The summed E-state index contributed by atoms with van der Waals surface area (Å²) in [4.78, 5) is 0. The van der Waals surface area contributed by atoms with Crippen LogP contribution in [0, 0.1) is 6.92 Å². The van der Waals surface area contributed by atoms with E-state index in [-0.39, 0.29) is 0 Å². The first kappa shape index (κ1) is 11.5. The standard InChI is InChI=1S/C11H11BrClN3/c1-7-8(6-15-16-7)5-14-11-4-9(13)2-3-10(11)12/h2-4,6,14H,5H2,1H3,(H,15,16). The SMILES string of the molecule is Cc1[nH]ncc1CNc1cc(Cl)ccc1Br. The van der Waals surface area contributed by atoms with Gasteiger partial charge in [0.15, 0.2) is 0 Å². The summed E-state index contributed by atoms with van der Waals surface area (Å²) in [6.45, 7) is 2.72. The third kappa shape index (κ3) is 2.57. The molecule has 1 heterocycles. The number of benzene rings is 1. The largest absolute Gasteiger partial charge is 0.380 e. The monoisotopic (exact) mass is 299 g/mol. The molecule has 84 valence electrons. The van der Waals surface area contributed by atoms with Gasteiger partial charge in [-0.3, -0.25) is 5.10 Å². The minimum atomic E-state index is 0.717. The van der Waals surface area contributed by atoms with Gasteiger partial charge in [0, 0.05) is 27.3 Å². The number of nitrogens with zero attached hydrogens (tertiary/aromatic N) is 1. The Morgan fingerprint density at radius 3 is 3.00 bits per heavy atom. The van der Waals surface area contributed by atoms with Gasteiger partial charge in [0.2, 0.25) is 0 Å². The lowest BCUT2D eigenvalue weighted by Crippen LogP contribution is -2.00. The molecule has 0 fully saturated rings. The molecule has 0 atom stereocenters. The second-order valence-electron chi connectivity index (χ2n) is 3.50. The number of aromatic nitrogens is 2. The fraction of sp³-hybridized carbons (Fsp3) is 0.182. The average molecular weight is 301 g/mol. The zero-order valence-corrected chi connectivity index (χ0v) is 11.1. The van der Waals surface area contributed by atoms with E-state index in [9.17, 15) is 0 Å². The Morgan fingerprint density at radius 1 is 1.50 bits per heavy atom. The van der Waals surface area contributed by atoms with E-state index in [1.54, 1.807) is 0 Å². The number of H-pyrrole nitrogens is 1. The summed E-state index contributed by atoms with van der Waals surface area (Å²) in [6.07, 6.45) is 1.82. The highest BCUT2D eigenvalue weighted by Gasteiger charge is 2.03. The molecule has 0 amide bonds. The van der Waals surface area contributed by atoms with Crippen molar-refractivity contribution < 1.29 is 0 Å². The normalized spacial score (nSPS) is 10.4. The lowest BCUT2D eigenvalue weighted by molar-refractivity contribution is 1.04. The first-order valence-electron chi connectivity index (χ1n) is 4.84. The highest BCUT2D eigenvalue weighted by molar-refractivity contribution is 9.10. The van der Waals surface area contributed by atoms with Gasteiger partial charge in [0.1, 0.15) is 0 Å². The summed E-state index contributed by atoms with van der Waals surface area (Å²) < 4.78 is 0.998. The van der Waals surface area contributed by atoms with Crippen LogP contribution in [-0.4, -0.2) is 10.2 Å². The van der Waals surface area contributed by atoms with Crippen LogP contribution in [0.4, 0.5) is 5.69 Å². The van der Waals surface area contributed by atoms with E-state index in [2.05, 4.69) is 31.4 Å². The molecule has 0 radical (unpaired) electrons. The quantitative estimate of drug-likeness (QED) is 0.906. The zero-order valence-electron chi connectivity index (χ0n) is 8.72. The van der Waals surface area contributed by atoms with Crippen LogP contribution in [0.1, 0.15) is 11.3 Å². The molecule has 0 aliphatic carbocycles. The van der Waals surface area contributed by atoms with Crippen molar-refractivity contribution in [2.75, 3.05) is 5.32 Å². The smallest absolute Gasteiger partial charge is 0.0539 e. The molecular weight excluding hydrogens is 289 g/mol. The summed E-state index contributed by atoms with van der Waals surface area (Å²) in [7, 11) is 0. The van der Waals surface area contributed by atoms with E-state index in [1.807, 2.05) is 31.3 Å². The van der Waals surface area contributed by atoms with E-state index < -0.39 is 0 Å². The fourth-order valence-electron chi connectivity index (χ4n) is 1.38. The highest BCUT2D eigenvalue weighted by Crippen LogP contribution is 2.26. The van der Waals surface area contributed by atoms with Crippen LogP contribution in [0.3, 0.4) is 0 Å². The van der Waals surface area contributed by atoms with Crippen LogP contribution < -0.4 is 5.32 Å². The lowest BCUT2D eigenvalue weighted by Gasteiger charge is -2.08. The van der Waals surface area contributed by atoms with E-state index in [0.29, 0.717) is 0 Å². The minimum absolute atomic E-state index is 0.717. The average Bonchev–Trinajstić information content (AvgIpc) is 2.66. The fourth-order valence-corrected chi connectivity index (χ4v) is 1.94. The van der Waals surface area contributed by atoms with E-state index in [1.165, 1.54) is 0 Å². The topological polar surface area (TPSA) is 40.7 Å². The highest BCUT2D eigenvalue weighted by atomic mass is 79.9. The molecule has 0 spiro atoms. The molecular formula is C11H11BrClN3. The van der Waals surface area contributed by atoms with Crippen LogP contribution in [0.25, 0.3) is 0 Å². The van der Waals surface area contributed by atoms with Gasteiger partial charge in [-0.1, -0.05) is 11.6 Å². The van der Waals surface area contributed by atoms with Crippen molar-refractivity contribution in [1.82, 2.24) is 10.2 Å². The van der Waals surface area contributed by atoms with Gasteiger partial charge in [-0.05, 0) is 41.1 Å². The maximum absolute atomic E-state index is 5.93. The Labute approximate surface area is 107 Å². The summed E-state index contributed by atoms with van der Waals surface area (Å²) in [5.41, 5.74) is 3.20. The van der Waals surface area contributed by atoms with Crippen LogP contribution in [0.2, 0.25) is 5.02 Å². The zero-order chi connectivity index (χ0) is 11.5. The molecule has 1 aromatic heterocycles. The summed E-state index contributed by atoms with van der Waals surface area (Å²) in [6, 6.07) is 5.66. The van der Waals surface area contributed by atoms with Gasteiger partial charge in [0.25, 0.3) is 0 Å². The number of aryl methyl sites for hydroxylation is 1. The second kappa shape index (κ2) is 4.89. The van der Waals surface area contributed by atoms with Crippen molar-refractivity contribution in [3.8, 4) is 0 Å². The van der Waals surface area contributed by atoms with Crippen LogP contribution in [0.5, 0.6) is 0 Å². The molecule has 1 aromatic carbocycles. The Balaban J connectivity index is 2.10. The number of anilines is 1. The van der Waals surface area contributed by atoms with Crippen molar-refractivity contribution in [3.63, 3.8) is 0 Å². The number of rotatable bonds is 3. The molecule has 16 heavy (non-hydrogen) atoms. The molecule has 3 nitrogen and oxygen atoms in total. The molecule has 2 aromatic rings. The van der Waals surface area contributed by atoms with E-state index in [0.717, 1.165) is 33.0 Å². The third-order valence-electron chi connectivity index (χ3n) is 2.33. The van der Waals surface area contributed by atoms with Gasteiger partial charge in [-0.2, -0.15) is 5.10 Å². The maximum Gasteiger partial charge on any atom is 0.0539 e. The second-order valence-corrected chi connectivity index (χ2v) is 4.79. The Bertz CT molecular complexity index is 496. The van der Waals surface area contributed by atoms with Gasteiger partial charge in [0.05, 0.1) is 11.9 Å². The summed E-state index contributed by atoms with van der Waals surface area (Å²) >= 11 is 9.40. The van der Waals surface area contributed by atoms with Gasteiger partial charge < -0.3 is 5.32 Å². The number of halogens is 2. The molecule has 0 aliphatic rings. The van der Waals surface area contributed by atoms with Crippen LogP contribution in [0.15, 0.2) is 28.9 Å². The predicted octanol–water partition coefficient (Wildman–Crippen LogP) is 3.75. The Kier molecular flexibility index (Phi) is 3.51. The Morgan fingerprint density at radius 2 is 2.31 bits per heavy atom. The van der Waals surface area contributed by atoms with Crippen molar-refractivity contribution in [3.05, 3.63) is 45.1 Å². The molecule has 0 saturated carbocycles. The molecule has 2 N–H and O–H groups in total. The van der Waals surface area contributed by atoms with E-state index in [4.69, 9.17) is 11.6 Å². The number of aromatic amines is 1. The molecule has 0 bridgehead atoms. The number of nitrogens with one attached hydrogen (secondary N) is 2. The molecule has 2 rings (SSSR count). The van der Waals surface area contributed by atoms with Crippen LogP contribution in [-0.2, 0) is 6.54 Å². The van der Waals surface area contributed by atoms with Crippen molar-refractivity contribution >= 4 is 33.2 Å². The van der Waals surface area contributed by atoms with Crippen molar-refractivity contribution in [2.45, 2.75) is 13.5 Å². The Hall–Kier alpha value is -1.000. The lowest BCUT2D eigenvalue weighted by atomic mass is 10.2. The summed E-state index contributed by atoms with van der Waals surface area (Å²) in [5, 5.41) is 10.9. The van der Waals surface area contributed by atoms with Gasteiger partial charge >= 0.3 is 0 Å². The molecule has 0 saturated heterocycles. The van der Waals surface area contributed by atoms with Crippen molar-refractivity contribution in [2.24, 2.45) is 0 Å². The first-order chi connectivity index (χ1) is 7.66. The third-order valence-corrected chi connectivity index (χ3v) is 3.26. The number of hydrogen-bond donors (Lipinski definition) is 2. The molecule has 5 heteroatoms. The minimum Gasteiger partial charge on any atom is -0.380 e. The predicted molar refractivity (Wildman–Crippen MR) is 69.8 cm³/mol. The molecule has 0 aliphatic heterocycles. The van der Waals surface area contributed by atoms with Crippen molar-refractivity contribution in [1.29, 1.82) is 0 Å². The van der Waals surface area contributed by atoms with Gasteiger partial charge in [-0.15, -0.1) is 0 Å².